The highest BCUT2D eigenvalue weighted by Crippen LogP contribution is 2.21. The maximum absolute atomic E-state index is 14.3. The molecule has 0 unspecified atom stereocenters. The largest absolute Gasteiger partial charge is 0.423 e. The van der Waals surface area contributed by atoms with Crippen LogP contribution < -0.4 is 4.74 Å². The van der Waals surface area contributed by atoms with Crippen LogP contribution in [0.15, 0.2) is 54.9 Å². The van der Waals surface area contributed by atoms with Gasteiger partial charge in [-0.05, 0) is 55.0 Å². The van der Waals surface area contributed by atoms with Gasteiger partial charge in [0.05, 0.1) is 5.56 Å². The lowest BCUT2D eigenvalue weighted by Crippen LogP contribution is -2.09. The minimum absolute atomic E-state index is 0.205. The SMILES string of the molecule is CCCCCc1ccc(OC(=O)c2ccc(-c3ncc(CCCC)cn3)cc2)cc1F. The number of aryl methyl sites for hydroxylation is 2. The van der Waals surface area contributed by atoms with Crippen LogP contribution in [0.2, 0.25) is 0 Å². The summed E-state index contributed by atoms with van der Waals surface area (Å²) in [6, 6.07) is 11.5. The first kappa shape index (κ1) is 22.6. The van der Waals surface area contributed by atoms with Crippen LogP contribution in [0.4, 0.5) is 4.39 Å². The molecule has 1 heterocycles. The number of hydrogen-bond acceptors (Lipinski definition) is 4. The minimum Gasteiger partial charge on any atom is -0.423 e. The van der Waals surface area contributed by atoms with Crippen LogP contribution in [0.25, 0.3) is 11.4 Å². The number of ether oxygens (including phenoxy) is 1. The predicted molar refractivity (Wildman–Crippen MR) is 121 cm³/mol. The fourth-order valence-corrected chi connectivity index (χ4v) is 3.29. The van der Waals surface area contributed by atoms with Crippen LogP contribution in [-0.2, 0) is 12.8 Å². The lowest BCUT2D eigenvalue weighted by Gasteiger charge is -2.08. The summed E-state index contributed by atoms with van der Waals surface area (Å²) >= 11 is 0. The molecule has 4 nitrogen and oxygen atoms in total. The van der Waals surface area contributed by atoms with Gasteiger partial charge in [0.25, 0.3) is 0 Å². The number of carbonyl (C=O) groups is 1. The van der Waals surface area contributed by atoms with E-state index in [2.05, 4.69) is 23.8 Å². The van der Waals surface area contributed by atoms with Crippen molar-refractivity contribution in [3.63, 3.8) is 0 Å². The number of hydrogen-bond donors (Lipinski definition) is 0. The zero-order valence-electron chi connectivity index (χ0n) is 18.2. The first-order valence-corrected chi connectivity index (χ1v) is 11.0. The molecule has 3 rings (SSSR count). The van der Waals surface area contributed by atoms with E-state index in [9.17, 15) is 9.18 Å². The summed E-state index contributed by atoms with van der Waals surface area (Å²) in [7, 11) is 0. The average Bonchev–Trinajstić information content (AvgIpc) is 2.79. The maximum Gasteiger partial charge on any atom is 0.343 e. The molecule has 0 saturated heterocycles. The lowest BCUT2D eigenvalue weighted by atomic mass is 10.1. The first-order valence-electron chi connectivity index (χ1n) is 11.0. The van der Waals surface area contributed by atoms with E-state index >= 15 is 0 Å². The van der Waals surface area contributed by atoms with E-state index in [1.165, 1.54) is 6.07 Å². The molecule has 3 aromatic rings. The van der Waals surface area contributed by atoms with E-state index in [-0.39, 0.29) is 11.6 Å². The minimum atomic E-state index is -0.527. The van der Waals surface area contributed by atoms with Crippen molar-refractivity contribution in [2.75, 3.05) is 0 Å². The van der Waals surface area contributed by atoms with Crippen LogP contribution in [0, 0.1) is 5.82 Å². The summed E-state index contributed by atoms with van der Waals surface area (Å²) in [5.41, 5.74) is 2.98. The summed E-state index contributed by atoms with van der Waals surface area (Å²) in [6.45, 7) is 4.27. The van der Waals surface area contributed by atoms with Crippen LogP contribution in [0.3, 0.4) is 0 Å². The maximum atomic E-state index is 14.3. The third-order valence-corrected chi connectivity index (χ3v) is 5.19. The molecule has 0 aliphatic rings. The van der Waals surface area contributed by atoms with E-state index < -0.39 is 5.97 Å². The molecule has 0 fully saturated rings. The van der Waals surface area contributed by atoms with Gasteiger partial charge < -0.3 is 4.74 Å². The zero-order valence-corrected chi connectivity index (χ0v) is 18.2. The molecular formula is C26H29FN2O2. The summed E-state index contributed by atoms with van der Waals surface area (Å²) in [6.07, 6.45) is 10.7. The number of unbranched alkanes of at least 4 members (excludes halogenated alkanes) is 3. The molecule has 0 atom stereocenters. The van der Waals surface area contributed by atoms with E-state index in [4.69, 9.17) is 4.74 Å². The third kappa shape index (κ3) is 6.45. The van der Waals surface area contributed by atoms with Gasteiger partial charge in [0, 0.05) is 24.0 Å². The highest BCUT2D eigenvalue weighted by atomic mass is 19.1. The van der Waals surface area contributed by atoms with Crippen molar-refractivity contribution in [3.8, 4) is 17.1 Å². The molecule has 2 aromatic carbocycles. The lowest BCUT2D eigenvalue weighted by molar-refractivity contribution is 0.0734. The predicted octanol–water partition coefficient (Wildman–Crippen LogP) is 6.58. The molecule has 0 amide bonds. The van der Waals surface area contributed by atoms with Crippen molar-refractivity contribution in [1.82, 2.24) is 9.97 Å². The molecule has 0 spiro atoms. The van der Waals surface area contributed by atoms with E-state index in [1.54, 1.807) is 36.4 Å². The standard InChI is InChI=1S/C26H29FN2O2/c1-3-5-7-9-20-14-15-23(16-24(20)27)31-26(30)22-12-10-21(11-13-22)25-28-17-19(18-29-25)8-6-4-2/h10-18H,3-9H2,1-2H3. The Morgan fingerprint density at radius 1 is 0.903 bits per heavy atom. The van der Waals surface area contributed by atoms with Crippen LogP contribution in [0.1, 0.15) is 67.4 Å². The molecule has 0 radical (unpaired) electrons. The van der Waals surface area contributed by atoms with Gasteiger partial charge in [0.1, 0.15) is 11.6 Å². The Labute approximate surface area is 183 Å². The van der Waals surface area contributed by atoms with Crippen molar-refractivity contribution in [3.05, 3.63) is 77.4 Å². The Morgan fingerprint density at radius 2 is 1.61 bits per heavy atom. The van der Waals surface area contributed by atoms with Gasteiger partial charge in [-0.3, -0.25) is 0 Å². The van der Waals surface area contributed by atoms with Crippen molar-refractivity contribution in [2.24, 2.45) is 0 Å². The van der Waals surface area contributed by atoms with Crippen molar-refractivity contribution >= 4 is 5.97 Å². The molecule has 31 heavy (non-hydrogen) atoms. The van der Waals surface area contributed by atoms with Gasteiger partial charge in [-0.15, -0.1) is 0 Å². The topological polar surface area (TPSA) is 52.1 Å². The number of rotatable bonds is 10. The van der Waals surface area contributed by atoms with Gasteiger partial charge >= 0.3 is 5.97 Å². The molecule has 0 aliphatic carbocycles. The summed E-state index contributed by atoms with van der Waals surface area (Å²) in [4.78, 5) is 21.3. The van der Waals surface area contributed by atoms with Gasteiger partial charge in [-0.2, -0.15) is 0 Å². The van der Waals surface area contributed by atoms with Crippen LogP contribution in [0.5, 0.6) is 5.75 Å². The van der Waals surface area contributed by atoms with Gasteiger partial charge in [0.15, 0.2) is 5.82 Å². The third-order valence-electron chi connectivity index (χ3n) is 5.19. The normalized spacial score (nSPS) is 10.8. The molecule has 0 N–H and O–H groups in total. The monoisotopic (exact) mass is 420 g/mol. The van der Waals surface area contributed by atoms with Crippen LogP contribution in [-0.4, -0.2) is 15.9 Å². The van der Waals surface area contributed by atoms with Gasteiger partial charge in [-0.25, -0.2) is 19.2 Å². The molecule has 0 saturated carbocycles. The van der Waals surface area contributed by atoms with E-state index in [0.29, 0.717) is 23.4 Å². The van der Waals surface area contributed by atoms with Gasteiger partial charge in [-0.1, -0.05) is 51.3 Å². The zero-order chi connectivity index (χ0) is 22.1. The van der Waals surface area contributed by atoms with E-state index in [0.717, 1.165) is 49.7 Å². The highest BCUT2D eigenvalue weighted by molar-refractivity contribution is 5.91. The Hall–Kier alpha value is -3.08. The van der Waals surface area contributed by atoms with Crippen molar-refractivity contribution in [1.29, 1.82) is 0 Å². The highest BCUT2D eigenvalue weighted by Gasteiger charge is 2.12. The number of benzene rings is 2. The molecule has 5 heteroatoms. The Bertz CT molecular complexity index is 985. The Balaban J connectivity index is 1.62. The number of esters is 1. The van der Waals surface area contributed by atoms with Crippen molar-refractivity contribution in [2.45, 2.75) is 58.8 Å². The number of nitrogens with zero attached hydrogens (tertiary/aromatic N) is 2. The van der Waals surface area contributed by atoms with Gasteiger partial charge in [0.2, 0.25) is 0 Å². The number of aromatic nitrogens is 2. The van der Waals surface area contributed by atoms with Crippen molar-refractivity contribution < 1.29 is 13.9 Å². The molecular weight excluding hydrogens is 391 g/mol. The summed E-state index contributed by atoms with van der Waals surface area (Å²) in [5, 5.41) is 0. The Morgan fingerprint density at radius 3 is 2.26 bits per heavy atom. The molecule has 162 valence electrons. The molecule has 0 bridgehead atoms. The molecule has 1 aromatic heterocycles. The second-order valence-corrected chi connectivity index (χ2v) is 7.70. The first-order chi connectivity index (χ1) is 15.1. The Kier molecular flexibility index (Phi) is 8.27. The quantitative estimate of drug-likeness (QED) is 0.211. The van der Waals surface area contributed by atoms with E-state index in [1.807, 2.05) is 12.4 Å². The van der Waals surface area contributed by atoms with Crippen LogP contribution >= 0.6 is 0 Å². The fourth-order valence-electron chi connectivity index (χ4n) is 3.29. The number of carbonyl (C=O) groups excluding carboxylic acids is 1. The fraction of sp³-hybridized carbons (Fsp3) is 0.346. The number of halogens is 1. The average molecular weight is 421 g/mol. The smallest absolute Gasteiger partial charge is 0.343 e. The summed E-state index contributed by atoms with van der Waals surface area (Å²) < 4.78 is 19.6. The second kappa shape index (κ2) is 11.3. The second-order valence-electron chi connectivity index (χ2n) is 7.70. The summed E-state index contributed by atoms with van der Waals surface area (Å²) in [5.74, 6) is -0.0467. The molecule has 0 aliphatic heterocycles.